The molecule has 0 unspecified atom stereocenters. The second-order valence-electron chi connectivity index (χ2n) is 6.83. The number of nitrogens with zero attached hydrogens (tertiary/aromatic N) is 4. The Bertz CT molecular complexity index is 996. The Morgan fingerprint density at radius 2 is 2.07 bits per heavy atom. The maximum absolute atomic E-state index is 12.1. The number of benzene rings is 1. The molecule has 0 fully saturated rings. The summed E-state index contributed by atoms with van der Waals surface area (Å²) in [5.41, 5.74) is 2.95. The predicted molar refractivity (Wildman–Crippen MR) is 104 cm³/mol. The van der Waals surface area contributed by atoms with Crippen molar-refractivity contribution in [3.8, 4) is 11.6 Å². The van der Waals surface area contributed by atoms with E-state index in [0.29, 0.717) is 18.1 Å². The molecule has 0 bridgehead atoms. The van der Waals surface area contributed by atoms with Crippen LogP contribution >= 0.6 is 0 Å². The second-order valence-corrected chi connectivity index (χ2v) is 6.83. The predicted octanol–water partition coefficient (Wildman–Crippen LogP) is 3.35. The Hall–Kier alpha value is -3.42. The number of hydrogen-bond donors (Lipinski definition) is 2. The first-order valence-corrected chi connectivity index (χ1v) is 9.25. The van der Waals surface area contributed by atoms with Crippen LogP contribution in [-0.2, 0) is 19.5 Å². The minimum absolute atomic E-state index is 0.319. The zero-order chi connectivity index (χ0) is 19.5. The number of fused-ring (bicyclic) bond motifs is 1. The number of urea groups is 1. The van der Waals surface area contributed by atoms with E-state index in [2.05, 4.69) is 37.3 Å². The maximum atomic E-state index is 12.1. The first kappa shape index (κ1) is 18.0. The van der Waals surface area contributed by atoms with E-state index in [4.69, 9.17) is 4.74 Å². The average molecular weight is 378 g/mol. The molecular formula is C20H22N6O2. The van der Waals surface area contributed by atoms with Crippen LogP contribution in [-0.4, -0.2) is 25.8 Å². The number of hydrogen-bond acceptors (Lipinski definition) is 5. The van der Waals surface area contributed by atoms with Gasteiger partial charge in [-0.3, -0.25) is 0 Å². The van der Waals surface area contributed by atoms with Crippen LogP contribution in [0, 0.1) is 13.8 Å². The van der Waals surface area contributed by atoms with E-state index in [-0.39, 0.29) is 6.03 Å². The van der Waals surface area contributed by atoms with Gasteiger partial charge in [0.15, 0.2) is 5.82 Å². The summed E-state index contributed by atoms with van der Waals surface area (Å²) < 4.78 is 7.81. The molecule has 2 N–H and O–H groups in total. The first-order valence-electron chi connectivity index (χ1n) is 9.25. The number of carbonyl (C=O) groups excluding carboxylic acids is 1. The van der Waals surface area contributed by atoms with E-state index in [1.807, 2.05) is 25.1 Å². The van der Waals surface area contributed by atoms with Gasteiger partial charge in [0.2, 0.25) is 5.88 Å². The van der Waals surface area contributed by atoms with Gasteiger partial charge < -0.3 is 19.9 Å². The molecule has 0 spiro atoms. The Balaban J connectivity index is 1.31. The number of ether oxygens (including phenoxy) is 1. The monoisotopic (exact) mass is 378 g/mol. The number of amides is 2. The minimum Gasteiger partial charge on any atom is -0.439 e. The number of aryl methyl sites for hydroxylation is 3. The molecule has 8 heteroatoms. The van der Waals surface area contributed by atoms with Crippen molar-refractivity contribution in [3.05, 3.63) is 59.3 Å². The molecule has 2 aromatic heterocycles. The fourth-order valence-corrected chi connectivity index (χ4v) is 3.09. The highest BCUT2D eigenvalue weighted by molar-refractivity contribution is 5.88. The van der Waals surface area contributed by atoms with Crippen molar-refractivity contribution >= 4 is 11.7 Å². The molecule has 4 rings (SSSR count). The molecule has 2 amide bonds. The maximum Gasteiger partial charge on any atom is 0.319 e. The lowest BCUT2D eigenvalue weighted by atomic mass is 10.1. The highest BCUT2D eigenvalue weighted by atomic mass is 16.5. The third kappa shape index (κ3) is 3.95. The van der Waals surface area contributed by atoms with Crippen LogP contribution in [0.5, 0.6) is 11.6 Å². The molecule has 0 saturated carbocycles. The van der Waals surface area contributed by atoms with Crippen LogP contribution in [0.1, 0.15) is 29.2 Å². The largest absolute Gasteiger partial charge is 0.439 e. The standard InChI is InChI=1S/C20H22N6O2/c1-13-5-7-16(10-14(13)2)28-19-8-6-15(11-21-19)23-20(27)22-12-18-25-24-17-4-3-9-26(17)18/h5-8,10-11H,3-4,9,12H2,1-2H3,(H2,22,23,27). The van der Waals surface area contributed by atoms with Crippen molar-refractivity contribution in [2.45, 2.75) is 39.8 Å². The molecule has 0 aliphatic carbocycles. The van der Waals surface area contributed by atoms with Gasteiger partial charge in [-0.2, -0.15) is 0 Å². The number of carbonyl (C=O) groups is 1. The second kappa shape index (κ2) is 7.67. The highest BCUT2D eigenvalue weighted by Gasteiger charge is 2.17. The van der Waals surface area contributed by atoms with Gasteiger partial charge in [-0.05, 0) is 49.6 Å². The van der Waals surface area contributed by atoms with Crippen LogP contribution < -0.4 is 15.4 Å². The summed E-state index contributed by atoms with van der Waals surface area (Å²) in [6, 6.07) is 9.03. The average Bonchev–Trinajstić information content (AvgIpc) is 3.29. The molecule has 0 radical (unpaired) electrons. The van der Waals surface area contributed by atoms with Crippen LogP contribution in [0.3, 0.4) is 0 Å². The van der Waals surface area contributed by atoms with Gasteiger partial charge in [-0.15, -0.1) is 10.2 Å². The van der Waals surface area contributed by atoms with E-state index in [1.165, 1.54) is 5.56 Å². The van der Waals surface area contributed by atoms with E-state index in [0.717, 1.165) is 42.3 Å². The van der Waals surface area contributed by atoms with E-state index in [9.17, 15) is 4.79 Å². The fourth-order valence-electron chi connectivity index (χ4n) is 3.09. The summed E-state index contributed by atoms with van der Waals surface area (Å²) in [6.07, 6.45) is 3.58. The lowest BCUT2D eigenvalue weighted by Gasteiger charge is -2.09. The molecule has 3 heterocycles. The number of nitrogens with one attached hydrogen (secondary N) is 2. The van der Waals surface area contributed by atoms with E-state index < -0.39 is 0 Å². The van der Waals surface area contributed by atoms with Crippen LogP contribution in [0.2, 0.25) is 0 Å². The Labute approximate surface area is 163 Å². The van der Waals surface area contributed by atoms with Crippen molar-refractivity contribution in [1.29, 1.82) is 0 Å². The van der Waals surface area contributed by atoms with Gasteiger partial charge in [0.25, 0.3) is 0 Å². The van der Waals surface area contributed by atoms with Gasteiger partial charge in [-0.25, -0.2) is 9.78 Å². The first-order chi connectivity index (χ1) is 13.6. The highest BCUT2D eigenvalue weighted by Crippen LogP contribution is 2.23. The van der Waals surface area contributed by atoms with Crippen LogP contribution in [0.25, 0.3) is 0 Å². The quantitative estimate of drug-likeness (QED) is 0.710. The molecule has 8 nitrogen and oxygen atoms in total. The summed E-state index contributed by atoms with van der Waals surface area (Å²) in [5, 5.41) is 13.8. The number of pyridine rings is 1. The molecule has 0 saturated heterocycles. The van der Waals surface area contributed by atoms with E-state index >= 15 is 0 Å². The van der Waals surface area contributed by atoms with Crippen molar-refractivity contribution in [2.75, 3.05) is 5.32 Å². The number of anilines is 1. The SMILES string of the molecule is Cc1ccc(Oc2ccc(NC(=O)NCc3nnc4n3CCC4)cn2)cc1C. The van der Waals surface area contributed by atoms with Gasteiger partial charge in [-0.1, -0.05) is 6.07 Å². The molecule has 1 aliphatic heterocycles. The lowest BCUT2D eigenvalue weighted by molar-refractivity contribution is 0.251. The van der Waals surface area contributed by atoms with Gasteiger partial charge >= 0.3 is 6.03 Å². The fraction of sp³-hybridized carbons (Fsp3) is 0.300. The topological polar surface area (TPSA) is 94.0 Å². The third-order valence-electron chi connectivity index (χ3n) is 4.79. The molecule has 144 valence electrons. The summed E-state index contributed by atoms with van der Waals surface area (Å²) >= 11 is 0. The minimum atomic E-state index is -0.319. The molecular weight excluding hydrogens is 356 g/mol. The van der Waals surface area contributed by atoms with Crippen molar-refractivity contribution < 1.29 is 9.53 Å². The van der Waals surface area contributed by atoms with Crippen molar-refractivity contribution in [2.24, 2.45) is 0 Å². The Morgan fingerprint density at radius 3 is 2.86 bits per heavy atom. The third-order valence-corrected chi connectivity index (χ3v) is 4.79. The van der Waals surface area contributed by atoms with Gasteiger partial charge in [0, 0.05) is 19.0 Å². The van der Waals surface area contributed by atoms with Gasteiger partial charge in [0.1, 0.15) is 11.6 Å². The Morgan fingerprint density at radius 1 is 1.18 bits per heavy atom. The lowest BCUT2D eigenvalue weighted by Crippen LogP contribution is -2.29. The molecule has 28 heavy (non-hydrogen) atoms. The Kier molecular flexibility index (Phi) is 4.92. The van der Waals surface area contributed by atoms with Crippen molar-refractivity contribution in [1.82, 2.24) is 25.1 Å². The smallest absolute Gasteiger partial charge is 0.319 e. The molecule has 3 aromatic rings. The molecule has 0 atom stereocenters. The van der Waals surface area contributed by atoms with Crippen LogP contribution in [0.4, 0.5) is 10.5 Å². The summed E-state index contributed by atoms with van der Waals surface area (Å²) in [4.78, 5) is 16.4. The zero-order valence-corrected chi connectivity index (χ0v) is 15.9. The van der Waals surface area contributed by atoms with Gasteiger partial charge in [0.05, 0.1) is 18.4 Å². The van der Waals surface area contributed by atoms with E-state index in [1.54, 1.807) is 18.3 Å². The zero-order valence-electron chi connectivity index (χ0n) is 15.9. The summed E-state index contributed by atoms with van der Waals surface area (Å²) in [5.74, 6) is 2.96. The molecule has 1 aromatic carbocycles. The van der Waals surface area contributed by atoms with Crippen molar-refractivity contribution in [3.63, 3.8) is 0 Å². The summed E-state index contributed by atoms with van der Waals surface area (Å²) in [7, 11) is 0. The number of rotatable bonds is 5. The normalized spacial score (nSPS) is 12.5. The number of aromatic nitrogens is 4. The molecule has 1 aliphatic rings. The van der Waals surface area contributed by atoms with Crippen LogP contribution in [0.15, 0.2) is 36.5 Å². The summed E-state index contributed by atoms with van der Waals surface area (Å²) in [6.45, 7) is 5.33.